The molecule has 0 aliphatic carbocycles. The standard InChI is InChI=1S/C17H16N2O4/c1-11(12-3-6-14(21-2)7-4-12)18-19-17(20)13-5-8-15-16(9-13)23-10-22-15/h3-9H,10H2,1-2H3,(H,19,20)/b18-11+. The van der Waals surface area contributed by atoms with Gasteiger partial charge in [-0.2, -0.15) is 5.10 Å². The van der Waals surface area contributed by atoms with Crippen LogP contribution in [-0.4, -0.2) is 25.5 Å². The van der Waals surface area contributed by atoms with Gasteiger partial charge in [0.15, 0.2) is 11.5 Å². The van der Waals surface area contributed by atoms with Crippen molar-refractivity contribution in [2.75, 3.05) is 13.9 Å². The van der Waals surface area contributed by atoms with Crippen LogP contribution >= 0.6 is 0 Å². The second-order valence-corrected chi connectivity index (χ2v) is 4.93. The fraction of sp³-hybridized carbons (Fsp3) is 0.176. The quantitative estimate of drug-likeness (QED) is 0.696. The number of nitrogens with zero attached hydrogens (tertiary/aromatic N) is 1. The van der Waals surface area contributed by atoms with Crippen molar-refractivity contribution in [1.29, 1.82) is 0 Å². The molecule has 2 aromatic rings. The Labute approximate surface area is 133 Å². The van der Waals surface area contributed by atoms with Gasteiger partial charge in [0.05, 0.1) is 12.8 Å². The Balaban J connectivity index is 1.69. The number of ether oxygens (including phenoxy) is 3. The van der Waals surface area contributed by atoms with Crippen LogP contribution in [0.5, 0.6) is 17.2 Å². The molecule has 1 aliphatic rings. The normalized spacial score (nSPS) is 12.9. The van der Waals surface area contributed by atoms with E-state index < -0.39 is 0 Å². The summed E-state index contributed by atoms with van der Waals surface area (Å²) < 4.78 is 15.6. The zero-order chi connectivity index (χ0) is 16.2. The summed E-state index contributed by atoms with van der Waals surface area (Å²) in [6.45, 7) is 2.00. The Morgan fingerprint density at radius 1 is 1.09 bits per heavy atom. The highest BCUT2D eigenvalue weighted by molar-refractivity contribution is 6.01. The molecule has 1 aliphatic heterocycles. The summed E-state index contributed by atoms with van der Waals surface area (Å²) in [6.07, 6.45) is 0. The smallest absolute Gasteiger partial charge is 0.271 e. The number of amides is 1. The number of hydrazone groups is 1. The summed E-state index contributed by atoms with van der Waals surface area (Å²) >= 11 is 0. The molecule has 2 aromatic carbocycles. The molecule has 0 saturated carbocycles. The minimum Gasteiger partial charge on any atom is -0.497 e. The van der Waals surface area contributed by atoms with E-state index in [1.54, 1.807) is 25.3 Å². The van der Waals surface area contributed by atoms with Crippen molar-refractivity contribution in [3.05, 3.63) is 53.6 Å². The lowest BCUT2D eigenvalue weighted by molar-refractivity contribution is 0.0954. The van der Waals surface area contributed by atoms with E-state index in [1.807, 2.05) is 31.2 Å². The van der Waals surface area contributed by atoms with Crippen LogP contribution in [0, 0.1) is 0 Å². The first-order chi connectivity index (χ1) is 11.2. The summed E-state index contributed by atoms with van der Waals surface area (Å²) in [5.74, 6) is 1.66. The van der Waals surface area contributed by atoms with Crippen molar-refractivity contribution >= 4 is 11.6 Å². The van der Waals surface area contributed by atoms with Crippen LogP contribution < -0.4 is 19.6 Å². The third-order valence-electron chi connectivity index (χ3n) is 3.47. The zero-order valence-electron chi connectivity index (χ0n) is 12.8. The Bertz CT molecular complexity index is 754. The second-order valence-electron chi connectivity index (χ2n) is 4.93. The molecule has 0 atom stereocenters. The van der Waals surface area contributed by atoms with Crippen molar-refractivity contribution < 1.29 is 19.0 Å². The van der Waals surface area contributed by atoms with Gasteiger partial charge in [0, 0.05) is 5.56 Å². The molecule has 0 saturated heterocycles. The molecule has 1 heterocycles. The number of nitrogens with one attached hydrogen (secondary N) is 1. The van der Waals surface area contributed by atoms with Gasteiger partial charge in [-0.3, -0.25) is 4.79 Å². The van der Waals surface area contributed by atoms with E-state index in [0.29, 0.717) is 22.8 Å². The summed E-state index contributed by atoms with van der Waals surface area (Å²) in [5.41, 5.74) is 4.59. The molecule has 0 unspecified atom stereocenters. The maximum absolute atomic E-state index is 12.1. The van der Waals surface area contributed by atoms with Crippen molar-refractivity contribution in [2.45, 2.75) is 6.92 Å². The fourth-order valence-corrected chi connectivity index (χ4v) is 2.13. The number of carbonyl (C=O) groups is 1. The zero-order valence-corrected chi connectivity index (χ0v) is 12.8. The Kier molecular flexibility index (Phi) is 4.14. The molecule has 0 radical (unpaired) electrons. The van der Waals surface area contributed by atoms with Crippen molar-refractivity contribution in [3.63, 3.8) is 0 Å². The van der Waals surface area contributed by atoms with Gasteiger partial charge in [-0.25, -0.2) is 5.43 Å². The average Bonchev–Trinajstić information content (AvgIpc) is 3.07. The Morgan fingerprint density at radius 2 is 1.78 bits per heavy atom. The molecule has 6 heteroatoms. The van der Waals surface area contributed by atoms with E-state index in [1.165, 1.54) is 0 Å². The lowest BCUT2D eigenvalue weighted by Gasteiger charge is -2.05. The maximum Gasteiger partial charge on any atom is 0.271 e. The summed E-state index contributed by atoms with van der Waals surface area (Å²) in [5, 5.41) is 4.12. The number of methoxy groups -OCH3 is 1. The van der Waals surface area contributed by atoms with Crippen LogP contribution in [0.2, 0.25) is 0 Å². The van der Waals surface area contributed by atoms with Gasteiger partial charge >= 0.3 is 0 Å². The molecule has 3 rings (SSSR count). The molecule has 1 N–H and O–H groups in total. The first kappa shape index (κ1) is 14.9. The molecule has 1 amide bonds. The van der Waals surface area contributed by atoms with Gasteiger partial charge in [-0.05, 0) is 55.0 Å². The Hall–Kier alpha value is -3.02. The second kappa shape index (κ2) is 6.39. The summed E-state index contributed by atoms with van der Waals surface area (Å²) in [4.78, 5) is 12.1. The molecule has 0 bridgehead atoms. The van der Waals surface area contributed by atoms with E-state index in [4.69, 9.17) is 14.2 Å². The number of fused-ring (bicyclic) bond motifs is 1. The number of benzene rings is 2. The van der Waals surface area contributed by atoms with Gasteiger partial charge in [0.25, 0.3) is 5.91 Å². The van der Waals surface area contributed by atoms with Gasteiger partial charge < -0.3 is 14.2 Å². The minimum absolute atomic E-state index is 0.176. The van der Waals surface area contributed by atoms with Gasteiger partial charge in [-0.15, -0.1) is 0 Å². The lowest BCUT2D eigenvalue weighted by atomic mass is 10.1. The van der Waals surface area contributed by atoms with E-state index in [2.05, 4.69) is 10.5 Å². The molecule has 0 aromatic heterocycles. The van der Waals surface area contributed by atoms with E-state index in [-0.39, 0.29) is 12.7 Å². The topological polar surface area (TPSA) is 69.2 Å². The summed E-state index contributed by atoms with van der Waals surface area (Å²) in [6, 6.07) is 12.4. The molecule has 118 valence electrons. The van der Waals surface area contributed by atoms with Crippen molar-refractivity contribution in [3.8, 4) is 17.2 Å². The van der Waals surface area contributed by atoms with Crippen molar-refractivity contribution in [1.82, 2.24) is 5.43 Å². The SMILES string of the molecule is COc1ccc(/C(C)=N/NC(=O)c2ccc3c(c2)OCO3)cc1. The predicted molar refractivity (Wildman–Crippen MR) is 85.2 cm³/mol. The van der Waals surface area contributed by atoms with Crippen LogP contribution in [0.25, 0.3) is 0 Å². The number of hydrogen-bond donors (Lipinski definition) is 1. The lowest BCUT2D eigenvalue weighted by Crippen LogP contribution is -2.19. The number of rotatable bonds is 4. The molecule has 6 nitrogen and oxygen atoms in total. The maximum atomic E-state index is 12.1. The third-order valence-corrected chi connectivity index (χ3v) is 3.47. The van der Waals surface area contributed by atoms with Gasteiger partial charge in [0.2, 0.25) is 6.79 Å². The molecular weight excluding hydrogens is 296 g/mol. The highest BCUT2D eigenvalue weighted by Crippen LogP contribution is 2.32. The predicted octanol–water partition coefficient (Wildman–Crippen LogP) is 2.58. The molecule has 0 fully saturated rings. The van der Waals surface area contributed by atoms with Gasteiger partial charge in [-0.1, -0.05) is 0 Å². The largest absolute Gasteiger partial charge is 0.497 e. The van der Waals surface area contributed by atoms with Crippen LogP contribution in [0.4, 0.5) is 0 Å². The third kappa shape index (κ3) is 3.26. The van der Waals surface area contributed by atoms with Crippen LogP contribution in [0.1, 0.15) is 22.8 Å². The first-order valence-corrected chi connectivity index (χ1v) is 7.06. The molecular formula is C17H16N2O4. The molecule has 23 heavy (non-hydrogen) atoms. The first-order valence-electron chi connectivity index (χ1n) is 7.06. The monoisotopic (exact) mass is 312 g/mol. The van der Waals surface area contributed by atoms with Crippen molar-refractivity contribution in [2.24, 2.45) is 5.10 Å². The molecule has 0 spiro atoms. The minimum atomic E-state index is -0.309. The highest BCUT2D eigenvalue weighted by atomic mass is 16.7. The van der Waals surface area contributed by atoms with Gasteiger partial charge in [0.1, 0.15) is 5.75 Å². The van der Waals surface area contributed by atoms with E-state index >= 15 is 0 Å². The fourth-order valence-electron chi connectivity index (χ4n) is 2.13. The van der Waals surface area contributed by atoms with E-state index in [9.17, 15) is 4.79 Å². The van der Waals surface area contributed by atoms with E-state index in [0.717, 1.165) is 11.3 Å². The van der Waals surface area contributed by atoms with Crippen LogP contribution in [-0.2, 0) is 0 Å². The summed E-state index contributed by atoms with van der Waals surface area (Å²) in [7, 11) is 1.61. The highest BCUT2D eigenvalue weighted by Gasteiger charge is 2.16. The Morgan fingerprint density at radius 3 is 2.52 bits per heavy atom. The number of hydrogen-bond acceptors (Lipinski definition) is 5. The van der Waals surface area contributed by atoms with Crippen LogP contribution in [0.15, 0.2) is 47.6 Å². The van der Waals surface area contributed by atoms with Crippen LogP contribution in [0.3, 0.4) is 0 Å². The average molecular weight is 312 g/mol. The number of carbonyl (C=O) groups excluding carboxylic acids is 1.